The number of carbonyl (C=O) groups is 1. The van der Waals surface area contributed by atoms with Gasteiger partial charge >= 0.3 is 10.2 Å². The summed E-state index contributed by atoms with van der Waals surface area (Å²) in [6.45, 7) is 0.816. The van der Waals surface area contributed by atoms with E-state index in [0.717, 1.165) is 0 Å². The van der Waals surface area contributed by atoms with Crippen LogP contribution in [0.25, 0.3) is 0 Å². The van der Waals surface area contributed by atoms with Crippen molar-refractivity contribution in [3.8, 4) is 0 Å². The molecule has 1 aliphatic heterocycles. The third-order valence-electron chi connectivity index (χ3n) is 2.74. The fourth-order valence-electron chi connectivity index (χ4n) is 1.99. The molecule has 1 atom stereocenters. The summed E-state index contributed by atoms with van der Waals surface area (Å²) < 4.78 is 33.6. The molecule has 0 aliphatic carbocycles. The number of hydrogen-bond acceptors (Lipinski definition) is 4. The van der Waals surface area contributed by atoms with Crippen LogP contribution in [0.2, 0.25) is 0 Å². The number of nitrogens with zero attached hydrogens (tertiary/aromatic N) is 1. The van der Waals surface area contributed by atoms with E-state index in [4.69, 9.17) is 0 Å². The standard InChI is InChI=1S/C10H12FNO3S2/c11-17(14,15)7-8-3-4-12(6-8)10(13)9-2-1-5-16-9/h1-2,5,8H,3-4,6-7H2. The lowest BCUT2D eigenvalue weighted by molar-refractivity contribution is 0.0793. The molecule has 7 heteroatoms. The number of thiophene rings is 1. The van der Waals surface area contributed by atoms with Crippen LogP contribution in [0.4, 0.5) is 3.89 Å². The van der Waals surface area contributed by atoms with E-state index in [1.165, 1.54) is 11.3 Å². The highest BCUT2D eigenvalue weighted by Crippen LogP contribution is 2.22. The minimum Gasteiger partial charge on any atom is -0.338 e. The molecule has 0 aromatic carbocycles. The highest BCUT2D eigenvalue weighted by molar-refractivity contribution is 7.86. The molecule has 0 radical (unpaired) electrons. The van der Waals surface area contributed by atoms with Crippen LogP contribution in [0, 0.1) is 5.92 Å². The molecule has 2 heterocycles. The Bertz CT molecular complexity index is 498. The van der Waals surface area contributed by atoms with Crippen molar-refractivity contribution in [1.29, 1.82) is 0 Å². The van der Waals surface area contributed by atoms with Crippen LogP contribution in [0.1, 0.15) is 16.1 Å². The molecule has 1 saturated heterocycles. The molecule has 17 heavy (non-hydrogen) atoms. The van der Waals surface area contributed by atoms with Crippen molar-refractivity contribution in [3.05, 3.63) is 22.4 Å². The van der Waals surface area contributed by atoms with Gasteiger partial charge < -0.3 is 4.90 Å². The van der Waals surface area contributed by atoms with E-state index in [0.29, 0.717) is 24.4 Å². The van der Waals surface area contributed by atoms with Crippen molar-refractivity contribution in [2.75, 3.05) is 18.8 Å². The fourth-order valence-corrected chi connectivity index (χ4v) is 3.52. The summed E-state index contributed by atoms with van der Waals surface area (Å²) in [6, 6.07) is 3.52. The first kappa shape index (κ1) is 12.5. The van der Waals surface area contributed by atoms with Gasteiger partial charge in [-0.2, -0.15) is 8.42 Å². The average Bonchev–Trinajstić information content (AvgIpc) is 2.83. The molecule has 0 spiro atoms. The normalized spacial score (nSPS) is 20.8. The van der Waals surface area contributed by atoms with E-state index >= 15 is 0 Å². The van der Waals surface area contributed by atoms with Gasteiger partial charge in [0.2, 0.25) is 0 Å². The van der Waals surface area contributed by atoms with E-state index in [1.54, 1.807) is 17.0 Å². The van der Waals surface area contributed by atoms with Crippen LogP contribution in [-0.2, 0) is 10.2 Å². The van der Waals surface area contributed by atoms with Gasteiger partial charge in [-0.05, 0) is 23.8 Å². The Morgan fingerprint density at radius 2 is 2.35 bits per heavy atom. The minimum absolute atomic E-state index is 0.0984. The smallest absolute Gasteiger partial charge is 0.302 e. The molecule has 4 nitrogen and oxygen atoms in total. The third-order valence-corrected chi connectivity index (χ3v) is 4.47. The average molecular weight is 277 g/mol. The second-order valence-electron chi connectivity index (χ2n) is 4.09. The van der Waals surface area contributed by atoms with Gasteiger partial charge in [0.1, 0.15) is 0 Å². The van der Waals surface area contributed by atoms with Crippen molar-refractivity contribution in [1.82, 2.24) is 4.90 Å². The Kier molecular flexibility index (Phi) is 3.48. The number of halogens is 1. The van der Waals surface area contributed by atoms with Crippen molar-refractivity contribution in [2.45, 2.75) is 6.42 Å². The third kappa shape index (κ3) is 3.26. The van der Waals surface area contributed by atoms with E-state index in [1.807, 2.05) is 5.38 Å². The Morgan fingerprint density at radius 3 is 2.94 bits per heavy atom. The Labute approximate surface area is 103 Å². The topological polar surface area (TPSA) is 54.5 Å². The van der Waals surface area contributed by atoms with Gasteiger partial charge in [0.25, 0.3) is 5.91 Å². The van der Waals surface area contributed by atoms with E-state index in [9.17, 15) is 17.1 Å². The van der Waals surface area contributed by atoms with Gasteiger partial charge in [-0.3, -0.25) is 4.79 Å². The SMILES string of the molecule is O=C(c1cccs1)N1CCC(CS(=O)(=O)F)C1. The molecule has 0 N–H and O–H groups in total. The van der Waals surface area contributed by atoms with E-state index < -0.39 is 16.0 Å². The maximum absolute atomic E-state index is 12.5. The summed E-state index contributed by atoms with van der Waals surface area (Å²) in [5, 5.41) is 1.81. The predicted molar refractivity (Wildman–Crippen MR) is 63.2 cm³/mol. The minimum atomic E-state index is -4.45. The lowest BCUT2D eigenvalue weighted by Gasteiger charge is -2.14. The summed E-state index contributed by atoms with van der Waals surface area (Å²) in [4.78, 5) is 14.1. The molecule has 1 fully saturated rings. The van der Waals surface area contributed by atoms with Crippen molar-refractivity contribution < 1.29 is 17.1 Å². The van der Waals surface area contributed by atoms with Gasteiger partial charge in [-0.15, -0.1) is 15.2 Å². The highest BCUT2D eigenvalue weighted by atomic mass is 32.3. The van der Waals surface area contributed by atoms with Crippen LogP contribution in [0.15, 0.2) is 17.5 Å². The number of likely N-dealkylation sites (tertiary alicyclic amines) is 1. The maximum Gasteiger partial charge on any atom is 0.302 e. The maximum atomic E-state index is 12.5. The first-order valence-corrected chi connectivity index (χ1v) is 7.64. The number of hydrogen-bond donors (Lipinski definition) is 0. The molecule has 1 aliphatic rings. The first-order chi connectivity index (χ1) is 7.96. The molecule has 1 amide bonds. The van der Waals surface area contributed by atoms with Crippen molar-refractivity contribution in [3.63, 3.8) is 0 Å². The van der Waals surface area contributed by atoms with Gasteiger partial charge in [-0.25, -0.2) is 0 Å². The monoisotopic (exact) mass is 277 g/mol. The molecule has 0 bridgehead atoms. The van der Waals surface area contributed by atoms with Gasteiger partial charge in [-0.1, -0.05) is 6.07 Å². The van der Waals surface area contributed by atoms with Crippen LogP contribution in [0.5, 0.6) is 0 Å². The van der Waals surface area contributed by atoms with Gasteiger partial charge in [0, 0.05) is 13.1 Å². The molecule has 1 unspecified atom stereocenters. The lowest BCUT2D eigenvalue weighted by atomic mass is 10.2. The van der Waals surface area contributed by atoms with Gasteiger partial charge in [0.15, 0.2) is 0 Å². The molecule has 94 valence electrons. The Balaban J connectivity index is 1.96. The number of rotatable bonds is 3. The number of amides is 1. The molecule has 2 rings (SSSR count). The highest BCUT2D eigenvalue weighted by Gasteiger charge is 2.30. The van der Waals surface area contributed by atoms with E-state index in [-0.39, 0.29) is 11.8 Å². The van der Waals surface area contributed by atoms with Crippen LogP contribution in [0.3, 0.4) is 0 Å². The zero-order valence-electron chi connectivity index (χ0n) is 9.00. The molecular weight excluding hydrogens is 265 g/mol. The summed E-state index contributed by atoms with van der Waals surface area (Å²) >= 11 is 1.35. The first-order valence-electron chi connectivity index (χ1n) is 5.21. The fraction of sp³-hybridized carbons (Fsp3) is 0.500. The Morgan fingerprint density at radius 1 is 1.59 bits per heavy atom. The second-order valence-corrected chi connectivity index (χ2v) is 6.45. The summed E-state index contributed by atoms with van der Waals surface area (Å²) in [7, 11) is -4.45. The molecule has 1 aromatic rings. The Hall–Kier alpha value is -0.950. The van der Waals surface area contributed by atoms with E-state index in [2.05, 4.69) is 0 Å². The zero-order chi connectivity index (χ0) is 12.5. The largest absolute Gasteiger partial charge is 0.338 e. The molecule has 1 aromatic heterocycles. The predicted octanol–water partition coefficient (Wildman–Crippen LogP) is 1.51. The summed E-state index contributed by atoms with van der Waals surface area (Å²) in [5.41, 5.74) is 0. The molecule has 0 saturated carbocycles. The quantitative estimate of drug-likeness (QED) is 0.787. The lowest BCUT2D eigenvalue weighted by Crippen LogP contribution is -2.28. The van der Waals surface area contributed by atoms with Crippen LogP contribution in [-0.4, -0.2) is 38.1 Å². The van der Waals surface area contributed by atoms with Gasteiger partial charge in [0.05, 0.1) is 10.6 Å². The van der Waals surface area contributed by atoms with Crippen molar-refractivity contribution >= 4 is 27.5 Å². The zero-order valence-corrected chi connectivity index (χ0v) is 10.6. The number of carbonyl (C=O) groups excluding carboxylic acids is 1. The van der Waals surface area contributed by atoms with Crippen LogP contribution >= 0.6 is 11.3 Å². The summed E-state index contributed by atoms with van der Waals surface area (Å²) in [5.74, 6) is -0.867. The van der Waals surface area contributed by atoms with Crippen LogP contribution < -0.4 is 0 Å². The molecular formula is C10H12FNO3S2. The second kappa shape index (κ2) is 4.73. The summed E-state index contributed by atoms with van der Waals surface area (Å²) in [6.07, 6.45) is 0.542. The van der Waals surface area contributed by atoms with Crippen molar-refractivity contribution in [2.24, 2.45) is 5.92 Å².